The number of hydrogen-bond donors (Lipinski definition) is 1. The number of hydrogen-bond acceptors (Lipinski definition) is 4. The number of carbonyl (C=O) groups is 1. The second-order valence-electron chi connectivity index (χ2n) is 6.88. The van der Waals surface area contributed by atoms with Crippen LogP contribution in [0.4, 0.5) is 0 Å². The highest BCUT2D eigenvalue weighted by atomic mass is 16.5. The fourth-order valence-electron chi connectivity index (χ4n) is 3.42. The Hall–Kier alpha value is -2.74. The van der Waals surface area contributed by atoms with Crippen molar-refractivity contribution < 1.29 is 14.3 Å². The van der Waals surface area contributed by atoms with Crippen molar-refractivity contribution in [1.82, 2.24) is 5.32 Å². The van der Waals surface area contributed by atoms with Gasteiger partial charge in [0.2, 0.25) is 0 Å². The van der Waals surface area contributed by atoms with Gasteiger partial charge in [0, 0.05) is 0 Å². The summed E-state index contributed by atoms with van der Waals surface area (Å²) in [6.07, 6.45) is 3.79. The van der Waals surface area contributed by atoms with Crippen LogP contribution in [0.3, 0.4) is 0 Å². The van der Waals surface area contributed by atoms with E-state index in [2.05, 4.69) is 11.4 Å². The van der Waals surface area contributed by atoms with E-state index in [1.54, 1.807) is 14.0 Å². The monoisotopic (exact) mass is 352 g/mol. The quantitative estimate of drug-likeness (QED) is 0.884. The topological polar surface area (TPSA) is 71.3 Å². The molecule has 2 aromatic rings. The second kappa shape index (κ2) is 7.65. The smallest absolute Gasteiger partial charge is 0.262 e. The third kappa shape index (κ3) is 3.91. The lowest BCUT2D eigenvalue weighted by molar-refractivity contribution is -0.129. The lowest BCUT2D eigenvalue weighted by Gasteiger charge is -2.32. The van der Waals surface area contributed by atoms with Crippen LogP contribution in [0.5, 0.6) is 11.5 Å². The van der Waals surface area contributed by atoms with E-state index in [0.29, 0.717) is 18.6 Å². The molecule has 1 aliphatic carbocycles. The van der Waals surface area contributed by atoms with Gasteiger partial charge in [-0.2, -0.15) is 5.26 Å². The van der Waals surface area contributed by atoms with E-state index in [0.717, 1.165) is 35.8 Å². The standard InChI is InChI=1S/C21H24N2O3/c1-15(20(24)23-21(14-22)10-4-3-5-11-21)26-19-9-7-16-6-8-18(25-2)12-17(16)13-19/h6-9,12-13,15H,3-5,10-11H2,1-2H3,(H,23,24)/t15-/m0/s1. The number of amides is 1. The Morgan fingerprint density at radius 3 is 2.42 bits per heavy atom. The van der Waals surface area contributed by atoms with Crippen LogP contribution in [-0.4, -0.2) is 24.7 Å². The van der Waals surface area contributed by atoms with Gasteiger partial charge in [0.05, 0.1) is 13.2 Å². The number of nitriles is 1. The summed E-state index contributed by atoms with van der Waals surface area (Å²) in [5.41, 5.74) is -0.746. The molecule has 1 amide bonds. The first-order valence-electron chi connectivity index (χ1n) is 9.03. The average molecular weight is 352 g/mol. The third-order valence-electron chi connectivity index (χ3n) is 4.98. The summed E-state index contributed by atoms with van der Waals surface area (Å²) in [4.78, 5) is 12.5. The molecule has 1 fully saturated rings. The first-order valence-corrected chi connectivity index (χ1v) is 9.03. The lowest BCUT2D eigenvalue weighted by atomic mass is 9.83. The van der Waals surface area contributed by atoms with E-state index < -0.39 is 11.6 Å². The zero-order valence-electron chi connectivity index (χ0n) is 15.2. The van der Waals surface area contributed by atoms with E-state index in [4.69, 9.17) is 9.47 Å². The number of fused-ring (bicyclic) bond motifs is 1. The first kappa shape index (κ1) is 18.1. The van der Waals surface area contributed by atoms with Crippen LogP contribution in [0, 0.1) is 11.3 Å². The summed E-state index contributed by atoms with van der Waals surface area (Å²) in [5.74, 6) is 1.14. The molecule has 0 bridgehead atoms. The van der Waals surface area contributed by atoms with E-state index in [1.165, 1.54) is 0 Å². The second-order valence-corrected chi connectivity index (χ2v) is 6.88. The van der Waals surface area contributed by atoms with Crippen molar-refractivity contribution in [3.8, 4) is 17.6 Å². The molecular formula is C21H24N2O3. The van der Waals surface area contributed by atoms with Gasteiger partial charge in [-0.3, -0.25) is 4.79 Å². The molecule has 5 nitrogen and oxygen atoms in total. The molecule has 1 N–H and O–H groups in total. The summed E-state index contributed by atoms with van der Waals surface area (Å²) >= 11 is 0. The molecule has 1 saturated carbocycles. The molecule has 0 saturated heterocycles. The van der Waals surface area contributed by atoms with Gasteiger partial charge in [0.1, 0.15) is 17.0 Å². The zero-order chi connectivity index (χ0) is 18.6. The highest BCUT2D eigenvalue weighted by Crippen LogP contribution is 2.28. The number of ether oxygens (including phenoxy) is 2. The van der Waals surface area contributed by atoms with Crippen LogP contribution in [0.25, 0.3) is 10.8 Å². The summed E-state index contributed by atoms with van der Waals surface area (Å²) in [6, 6.07) is 13.8. The normalized spacial score (nSPS) is 17.1. The highest BCUT2D eigenvalue weighted by Gasteiger charge is 2.35. The van der Waals surface area contributed by atoms with Crippen molar-refractivity contribution in [2.24, 2.45) is 0 Å². The number of methoxy groups -OCH3 is 1. The van der Waals surface area contributed by atoms with E-state index >= 15 is 0 Å². The van der Waals surface area contributed by atoms with E-state index in [9.17, 15) is 10.1 Å². The van der Waals surface area contributed by atoms with Crippen LogP contribution in [0.2, 0.25) is 0 Å². The summed E-state index contributed by atoms with van der Waals surface area (Å²) in [5, 5.41) is 14.5. The Bertz CT molecular complexity index is 835. The van der Waals surface area contributed by atoms with E-state index in [-0.39, 0.29) is 5.91 Å². The van der Waals surface area contributed by atoms with Crippen molar-refractivity contribution in [3.63, 3.8) is 0 Å². The van der Waals surface area contributed by atoms with Gasteiger partial charge in [-0.1, -0.05) is 31.4 Å². The molecule has 0 aromatic heterocycles. The molecule has 1 aliphatic rings. The number of nitrogens with one attached hydrogen (secondary N) is 1. The van der Waals surface area contributed by atoms with Gasteiger partial charge in [0.25, 0.3) is 5.91 Å². The molecule has 26 heavy (non-hydrogen) atoms. The molecule has 1 atom stereocenters. The predicted molar refractivity (Wildman–Crippen MR) is 100 cm³/mol. The molecule has 3 rings (SSSR count). The summed E-state index contributed by atoms with van der Waals surface area (Å²) in [6.45, 7) is 1.71. The average Bonchev–Trinajstić information content (AvgIpc) is 2.68. The van der Waals surface area contributed by atoms with Crippen LogP contribution in [0.15, 0.2) is 36.4 Å². The maximum absolute atomic E-state index is 12.5. The minimum absolute atomic E-state index is 0.251. The highest BCUT2D eigenvalue weighted by molar-refractivity contribution is 5.86. The van der Waals surface area contributed by atoms with Crippen molar-refractivity contribution in [2.45, 2.75) is 50.7 Å². The van der Waals surface area contributed by atoms with Gasteiger partial charge >= 0.3 is 0 Å². The van der Waals surface area contributed by atoms with Gasteiger partial charge in [-0.05, 0) is 54.8 Å². The minimum Gasteiger partial charge on any atom is -0.497 e. The van der Waals surface area contributed by atoms with Crippen molar-refractivity contribution in [1.29, 1.82) is 5.26 Å². The Kier molecular flexibility index (Phi) is 5.32. The van der Waals surface area contributed by atoms with Gasteiger partial charge in [-0.15, -0.1) is 0 Å². The Morgan fingerprint density at radius 2 is 1.77 bits per heavy atom. The third-order valence-corrected chi connectivity index (χ3v) is 4.98. The van der Waals surface area contributed by atoms with Crippen LogP contribution in [-0.2, 0) is 4.79 Å². The zero-order valence-corrected chi connectivity index (χ0v) is 15.2. The van der Waals surface area contributed by atoms with Crippen LogP contribution < -0.4 is 14.8 Å². The number of carbonyl (C=O) groups excluding carboxylic acids is 1. The van der Waals surface area contributed by atoms with Crippen molar-refractivity contribution in [3.05, 3.63) is 36.4 Å². The lowest BCUT2D eigenvalue weighted by Crippen LogP contribution is -2.52. The molecular weight excluding hydrogens is 328 g/mol. The van der Waals surface area contributed by atoms with Crippen LogP contribution >= 0.6 is 0 Å². The maximum atomic E-state index is 12.5. The molecule has 5 heteroatoms. The number of nitrogens with zero attached hydrogens (tertiary/aromatic N) is 1. The molecule has 0 radical (unpaired) electrons. The largest absolute Gasteiger partial charge is 0.497 e. The summed E-state index contributed by atoms with van der Waals surface area (Å²) in [7, 11) is 1.63. The Labute approximate surface area is 153 Å². The maximum Gasteiger partial charge on any atom is 0.262 e. The summed E-state index contributed by atoms with van der Waals surface area (Å²) < 4.78 is 11.1. The number of benzene rings is 2. The fourth-order valence-corrected chi connectivity index (χ4v) is 3.42. The number of rotatable bonds is 5. The molecule has 0 aliphatic heterocycles. The SMILES string of the molecule is COc1ccc2ccc(O[C@@H](C)C(=O)NC3(C#N)CCCCC3)cc2c1. The van der Waals surface area contributed by atoms with Gasteiger partial charge in [-0.25, -0.2) is 0 Å². The Balaban J connectivity index is 1.70. The molecule has 0 heterocycles. The molecule has 2 aromatic carbocycles. The fraction of sp³-hybridized carbons (Fsp3) is 0.429. The van der Waals surface area contributed by atoms with Gasteiger partial charge in [0.15, 0.2) is 6.10 Å². The van der Waals surface area contributed by atoms with Crippen molar-refractivity contribution in [2.75, 3.05) is 7.11 Å². The van der Waals surface area contributed by atoms with Crippen LogP contribution in [0.1, 0.15) is 39.0 Å². The van der Waals surface area contributed by atoms with E-state index in [1.807, 2.05) is 36.4 Å². The Morgan fingerprint density at radius 1 is 1.12 bits per heavy atom. The first-order chi connectivity index (χ1) is 12.5. The van der Waals surface area contributed by atoms with Crippen molar-refractivity contribution >= 4 is 16.7 Å². The van der Waals surface area contributed by atoms with Gasteiger partial charge < -0.3 is 14.8 Å². The predicted octanol–water partition coefficient (Wildman–Crippen LogP) is 3.96. The molecule has 136 valence electrons. The molecule has 0 unspecified atom stereocenters. The molecule has 0 spiro atoms. The minimum atomic E-state index is -0.746.